The third-order valence-corrected chi connectivity index (χ3v) is 8.14. The first-order valence-electron chi connectivity index (χ1n) is 14.8. The highest BCUT2D eigenvalue weighted by Gasteiger charge is 2.34. The fraction of sp³-hybridized carbons (Fsp3) is 0.382. The van der Waals surface area contributed by atoms with E-state index in [-0.39, 0.29) is 26.1 Å². The first kappa shape index (κ1) is 32.4. The summed E-state index contributed by atoms with van der Waals surface area (Å²) in [5.74, 6) is -0.441. The van der Waals surface area contributed by atoms with Gasteiger partial charge in [-0.25, -0.2) is 9.59 Å². The standard InChI is InChI=1S/C34H39N3O9/c1-34(2,3)46-33(42)36-12-8-9-23-29(24-14-20-13-21(18-38)35(4)25(20)16-26(24)36)37(31(40)28(30(23)39)32(41)45-7)17-19-10-11-22(43-5)15-27(19)44-6/h10-11,13-16,38-39H,8-9,12,17-18H2,1-7H3. The van der Waals surface area contributed by atoms with E-state index in [0.29, 0.717) is 51.7 Å². The normalized spacial score (nSPS) is 13.0. The van der Waals surface area contributed by atoms with Gasteiger partial charge in [-0.1, -0.05) is 0 Å². The molecule has 0 bridgehead atoms. The molecular weight excluding hydrogens is 594 g/mol. The van der Waals surface area contributed by atoms with Crippen LogP contribution in [0.2, 0.25) is 0 Å². The van der Waals surface area contributed by atoms with E-state index in [4.69, 9.17) is 18.9 Å². The molecule has 46 heavy (non-hydrogen) atoms. The summed E-state index contributed by atoms with van der Waals surface area (Å²) in [7, 11) is 5.99. The number of rotatable bonds is 6. The first-order valence-corrected chi connectivity index (χ1v) is 14.8. The molecule has 2 aromatic carbocycles. The molecule has 0 saturated heterocycles. The Labute approximate surface area is 266 Å². The van der Waals surface area contributed by atoms with Crippen LogP contribution in [0.5, 0.6) is 17.2 Å². The van der Waals surface area contributed by atoms with E-state index < -0.39 is 34.5 Å². The molecule has 244 valence electrons. The van der Waals surface area contributed by atoms with E-state index in [0.717, 1.165) is 18.0 Å². The van der Waals surface area contributed by atoms with Gasteiger partial charge in [0.2, 0.25) is 0 Å². The minimum Gasteiger partial charge on any atom is -0.506 e. The predicted octanol–water partition coefficient (Wildman–Crippen LogP) is 4.74. The Balaban J connectivity index is 1.89. The van der Waals surface area contributed by atoms with Crippen molar-refractivity contribution in [2.24, 2.45) is 7.05 Å². The van der Waals surface area contributed by atoms with Gasteiger partial charge in [-0.15, -0.1) is 0 Å². The zero-order valence-electron chi connectivity index (χ0n) is 27.1. The molecule has 2 aromatic heterocycles. The van der Waals surface area contributed by atoms with Crippen molar-refractivity contribution in [2.75, 3.05) is 32.8 Å². The Morgan fingerprint density at radius 3 is 2.39 bits per heavy atom. The topological polar surface area (TPSA) is 142 Å². The van der Waals surface area contributed by atoms with Gasteiger partial charge in [0.1, 0.15) is 22.8 Å². The van der Waals surface area contributed by atoms with Crippen LogP contribution in [0.4, 0.5) is 10.5 Å². The zero-order chi connectivity index (χ0) is 33.5. The smallest absolute Gasteiger partial charge is 0.414 e. The Bertz CT molecular complexity index is 1900. The number of benzene rings is 2. The molecule has 0 saturated carbocycles. The van der Waals surface area contributed by atoms with Crippen LogP contribution >= 0.6 is 0 Å². The number of hydrogen-bond acceptors (Lipinski definition) is 9. The SMILES string of the molecule is COC(=O)c1c(O)c2c(n(Cc3ccc(OC)cc3OC)c1=O)-c1cc3cc(CO)n(C)c3cc1N(C(=O)OC(C)(C)C)CCC2. The third kappa shape index (κ3) is 5.76. The quantitative estimate of drug-likeness (QED) is 0.288. The zero-order valence-corrected chi connectivity index (χ0v) is 27.1. The summed E-state index contributed by atoms with van der Waals surface area (Å²) in [6, 6.07) is 10.6. The molecule has 1 aliphatic heterocycles. The molecule has 0 fully saturated rings. The number of pyridine rings is 1. The molecule has 1 amide bonds. The van der Waals surface area contributed by atoms with Crippen molar-refractivity contribution < 1.29 is 38.7 Å². The number of fused-ring (bicyclic) bond motifs is 4. The Hall–Kier alpha value is -4.97. The monoisotopic (exact) mass is 633 g/mol. The molecule has 4 aromatic rings. The number of anilines is 1. The lowest BCUT2D eigenvalue weighted by molar-refractivity contribution is 0.0575. The second kappa shape index (κ2) is 12.4. The number of carbonyl (C=O) groups excluding carboxylic acids is 2. The van der Waals surface area contributed by atoms with E-state index >= 15 is 0 Å². The van der Waals surface area contributed by atoms with Gasteiger partial charge in [0.05, 0.1) is 51.4 Å². The highest BCUT2D eigenvalue weighted by atomic mass is 16.6. The first-order chi connectivity index (χ1) is 21.8. The molecular formula is C34H39N3O9. The number of aryl methyl sites for hydroxylation is 1. The van der Waals surface area contributed by atoms with Gasteiger partial charge in [0.25, 0.3) is 5.56 Å². The van der Waals surface area contributed by atoms with Gasteiger partial charge in [-0.05, 0) is 63.9 Å². The summed E-state index contributed by atoms with van der Waals surface area (Å²) in [5.41, 5.74) is 1.52. The average molecular weight is 634 g/mol. The molecule has 3 heterocycles. The number of ether oxygens (including phenoxy) is 4. The van der Waals surface area contributed by atoms with E-state index in [2.05, 4.69) is 0 Å². The van der Waals surface area contributed by atoms with Gasteiger partial charge in [0.15, 0.2) is 5.56 Å². The lowest BCUT2D eigenvalue weighted by Crippen LogP contribution is -2.39. The lowest BCUT2D eigenvalue weighted by atomic mass is 9.93. The maximum absolute atomic E-state index is 14.3. The number of carbonyl (C=O) groups is 2. The number of aromatic hydroxyl groups is 1. The molecule has 0 spiro atoms. The van der Waals surface area contributed by atoms with Crippen molar-refractivity contribution in [3.8, 4) is 28.5 Å². The summed E-state index contributed by atoms with van der Waals surface area (Å²) in [6.45, 7) is 5.30. The summed E-state index contributed by atoms with van der Waals surface area (Å²) in [4.78, 5) is 42.5. The van der Waals surface area contributed by atoms with Crippen LogP contribution in [-0.2, 0) is 36.1 Å². The Kier molecular flexibility index (Phi) is 8.76. The van der Waals surface area contributed by atoms with E-state index in [9.17, 15) is 24.6 Å². The van der Waals surface area contributed by atoms with Crippen LogP contribution in [0.1, 0.15) is 54.4 Å². The van der Waals surface area contributed by atoms with Crippen molar-refractivity contribution in [1.82, 2.24) is 9.13 Å². The van der Waals surface area contributed by atoms with Gasteiger partial charge < -0.3 is 38.3 Å². The predicted molar refractivity (Wildman–Crippen MR) is 172 cm³/mol. The maximum atomic E-state index is 14.3. The van der Waals surface area contributed by atoms with Gasteiger partial charge in [0, 0.05) is 47.4 Å². The minimum absolute atomic E-state index is 0.0563. The molecule has 0 radical (unpaired) electrons. The largest absolute Gasteiger partial charge is 0.506 e. The fourth-order valence-electron chi connectivity index (χ4n) is 5.94. The molecule has 1 aliphatic rings. The number of nitrogens with zero attached hydrogens (tertiary/aromatic N) is 3. The Morgan fingerprint density at radius 2 is 1.76 bits per heavy atom. The van der Waals surface area contributed by atoms with E-state index in [1.165, 1.54) is 23.7 Å². The van der Waals surface area contributed by atoms with Crippen molar-refractivity contribution in [3.63, 3.8) is 0 Å². The van der Waals surface area contributed by atoms with E-state index in [1.54, 1.807) is 39.0 Å². The number of aromatic nitrogens is 2. The number of amides is 1. The summed E-state index contributed by atoms with van der Waals surface area (Å²) in [5, 5.41) is 22.3. The molecule has 12 heteroatoms. The lowest BCUT2D eigenvalue weighted by Gasteiger charge is -2.32. The molecule has 2 N–H and O–H groups in total. The van der Waals surface area contributed by atoms with Crippen molar-refractivity contribution in [2.45, 2.75) is 52.4 Å². The highest BCUT2D eigenvalue weighted by molar-refractivity contribution is 6.01. The van der Waals surface area contributed by atoms with Crippen molar-refractivity contribution in [3.05, 3.63) is 69.1 Å². The van der Waals surface area contributed by atoms with Gasteiger partial charge in [-0.2, -0.15) is 0 Å². The van der Waals surface area contributed by atoms with Gasteiger partial charge in [-0.3, -0.25) is 9.69 Å². The Morgan fingerprint density at radius 1 is 1.02 bits per heavy atom. The second-order valence-corrected chi connectivity index (χ2v) is 12.1. The summed E-state index contributed by atoms with van der Waals surface area (Å²) >= 11 is 0. The summed E-state index contributed by atoms with van der Waals surface area (Å²) in [6.07, 6.45) is 0.0181. The van der Waals surface area contributed by atoms with Crippen LogP contribution in [0.25, 0.3) is 22.2 Å². The molecule has 5 rings (SSSR count). The van der Waals surface area contributed by atoms with Crippen LogP contribution in [0.15, 0.2) is 41.2 Å². The average Bonchev–Trinajstić information content (AvgIpc) is 3.32. The maximum Gasteiger partial charge on any atom is 0.414 e. The summed E-state index contributed by atoms with van der Waals surface area (Å²) < 4.78 is 25.0. The number of hydrogen-bond donors (Lipinski definition) is 2. The minimum atomic E-state index is -0.968. The molecule has 12 nitrogen and oxygen atoms in total. The fourth-order valence-corrected chi connectivity index (χ4v) is 5.94. The van der Waals surface area contributed by atoms with Gasteiger partial charge >= 0.3 is 12.1 Å². The third-order valence-electron chi connectivity index (χ3n) is 8.14. The second-order valence-electron chi connectivity index (χ2n) is 12.1. The van der Waals surface area contributed by atoms with Crippen molar-refractivity contribution in [1.29, 1.82) is 0 Å². The molecule has 0 atom stereocenters. The van der Waals surface area contributed by atoms with E-state index in [1.807, 2.05) is 29.8 Å². The van der Waals surface area contributed by atoms with Crippen molar-refractivity contribution >= 4 is 28.7 Å². The molecule has 0 aliphatic carbocycles. The van der Waals surface area contributed by atoms with Crippen LogP contribution in [0.3, 0.4) is 0 Å². The van der Waals surface area contributed by atoms with Crippen LogP contribution in [-0.4, -0.2) is 64.9 Å². The number of methoxy groups -OCH3 is 3. The number of aliphatic hydroxyl groups excluding tert-OH is 1. The number of aliphatic hydroxyl groups is 1. The molecule has 0 unspecified atom stereocenters. The highest BCUT2D eigenvalue weighted by Crippen LogP contribution is 2.43. The van der Waals surface area contributed by atoms with Crippen LogP contribution < -0.4 is 19.9 Å². The van der Waals surface area contributed by atoms with Crippen LogP contribution in [0, 0.1) is 0 Å². The number of esters is 1.